The number of sulfonamides is 1. The number of hydrogen-bond acceptors (Lipinski definition) is 5. The van der Waals surface area contributed by atoms with Crippen molar-refractivity contribution in [2.24, 2.45) is 5.92 Å². The molecule has 0 aromatic heterocycles. The molecular weight excluding hydrogens is 380 g/mol. The van der Waals surface area contributed by atoms with Gasteiger partial charge >= 0.3 is 0 Å². The standard InChI is InChI=1S/C20H24N2O5S/c1-14-4-6-16(7-5-14)22-13-15(10-20(22)23)12-21-28(24,25)19-9-8-17(26-2)11-18(19)27-3/h4-9,11,15,21H,10,12-13H2,1-3H3. The number of aryl methyl sites for hydroxylation is 1. The van der Waals surface area contributed by atoms with Crippen molar-refractivity contribution in [3.05, 3.63) is 48.0 Å². The molecule has 1 fully saturated rings. The lowest BCUT2D eigenvalue weighted by atomic mass is 10.1. The molecule has 8 heteroatoms. The highest BCUT2D eigenvalue weighted by Crippen LogP contribution is 2.29. The van der Waals surface area contributed by atoms with Gasteiger partial charge in [-0.25, -0.2) is 13.1 Å². The maximum Gasteiger partial charge on any atom is 0.244 e. The number of hydrogen-bond donors (Lipinski definition) is 1. The van der Waals surface area contributed by atoms with Gasteiger partial charge in [0.25, 0.3) is 0 Å². The van der Waals surface area contributed by atoms with Crippen molar-refractivity contribution in [2.75, 3.05) is 32.2 Å². The molecule has 1 unspecified atom stereocenters. The van der Waals surface area contributed by atoms with E-state index in [4.69, 9.17) is 9.47 Å². The summed E-state index contributed by atoms with van der Waals surface area (Å²) in [5, 5.41) is 0. The quantitative estimate of drug-likeness (QED) is 0.766. The van der Waals surface area contributed by atoms with Gasteiger partial charge in [0.2, 0.25) is 15.9 Å². The number of amides is 1. The molecule has 28 heavy (non-hydrogen) atoms. The summed E-state index contributed by atoms with van der Waals surface area (Å²) in [5.74, 6) is 0.601. The SMILES string of the molecule is COc1ccc(S(=O)(=O)NCC2CC(=O)N(c3ccc(C)cc3)C2)c(OC)c1. The van der Waals surface area contributed by atoms with Gasteiger partial charge in [-0.15, -0.1) is 0 Å². The summed E-state index contributed by atoms with van der Waals surface area (Å²) in [7, 11) is -0.877. The Morgan fingerprint density at radius 2 is 1.82 bits per heavy atom. The molecule has 0 saturated carbocycles. The summed E-state index contributed by atoms with van der Waals surface area (Å²) >= 11 is 0. The van der Waals surface area contributed by atoms with Gasteiger partial charge in [-0.05, 0) is 37.1 Å². The van der Waals surface area contributed by atoms with Crippen molar-refractivity contribution in [3.63, 3.8) is 0 Å². The Kier molecular flexibility index (Phi) is 5.90. The van der Waals surface area contributed by atoms with Crippen molar-refractivity contribution < 1.29 is 22.7 Å². The fourth-order valence-corrected chi connectivity index (χ4v) is 4.46. The molecule has 0 radical (unpaired) electrons. The average molecular weight is 404 g/mol. The van der Waals surface area contributed by atoms with Crippen LogP contribution in [-0.2, 0) is 14.8 Å². The average Bonchev–Trinajstić information content (AvgIpc) is 3.07. The molecule has 0 bridgehead atoms. The van der Waals surface area contributed by atoms with Gasteiger partial charge in [0.15, 0.2) is 0 Å². The van der Waals surface area contributed by atoms with Crippen LogP contribution in [0.15, 0.2) is 47.4 Å². The van der Waals surface area contributed by atoms with Crippen molar-refractivity contribution in [1.82, 2.24) is 4.72 Å². The number of carbonyl (C=O) groups excluding carboxylic acids is 1. The molecular formula is C20H24N2O5S. The molecule has 150 valence electrons. The van der Waals surface area contributed by atoms with Gasteiger partial charge in [-0.1, -0.05) is 17.7 Å². The van der Waals surface area contributed by atoms with Gasteiger partial charge in [-0.3, -0.25) is 4.79 Å². The summed E-state index contributed by atoms with van der Waals surface area (Å²) in [6.45, 7) is 2.64. The lowest BCUT2D eigenvalue weighted by molar-refractivity contribution is -0.117. The van der Waals surface area contributed by atoms with Crippen molar-refractivity contribution in [2.45, 2.75) is 18.2 Å². The van der Waals surface area contributed by atoms with Gasteiger partial charge in [0.1, 0.15) is 16.4 Å². The summed E-state index contributed by atoms with van der Waals surface area (Å²) in [5.41, 5.74) is 1.95. The topological polar surface area (TPSA) is 84.9 Å². The molecule has 0 aliphatic carbocycles. The molecule has 1 amide bonds. The van der Waals surface area contributed by atoms with Crippen LogP contribution in [0.3, 0.4) is 0 Å². The highest BCUT2D eigenvalue weighted by Gasteiger charge is 2.32. The lowest BCUT2D eigenvalue weighted by Gasteiger charge is -2.17. The summed E-state index contributed by atoms with van der Waals surface area (Å²) in [6, 6.07) is 12.2. The van der Waals surface area contributed by atoms with Crippen LogP contribution < -0.4 is 19.1 Å². The number of carbonyl (C=O) groups is 1. The van der Waals surface area contributed by atoms with E-state index in [2.05, 4.69) is 4.72 Å². The minimum atomic E-state index is -3.78. The number of anilines is 1. The van der Waals surface area contributed by atoms with E-state index >= 15 is 0 Å². The summed E-state index contributed by atoms with van der Waals surface area (Å²) in [4.78, 5) is 14.1. The zero-order valence-electron chi connectivity index (χ0n) is 16.1. The highest BCUT2D eigenvalue weighted by atomic mass is 32.2. The maximum absolute atomic E-state index is 12.7. The number of nitrogens with one attached hydrogen (secondary N) is 1. The van der Waals surface area contributed by atoms with E-state index in [9.17, 15) is 13.2 Å². The number of rotatable bonds is 7. The van der Waals surface area contributed by atoms with Crippen LogP contribution in [0.5, 0.6) is 11.5 Å². The largest absolute Gasteiger partial charge is 0.497 e. The Labute approximate surface area is 165 Å². The molecule has 3 rings (SSSR count). The second-order valence-electron chi connectivity index (χ2n) is 6.78. The number of nitrogens with zero attached hydrogens (tertiary/aromatic N) is 1. The van der Waals surface area contributed by atoms with Crippen LogP contribution in [0.2, 0.25) is 0 Å². The Morgan fingerprint density at radius 1 is 1.11 bits per heavy atom. The van der Waals surface area contributed by atoms with Gasteiger partial charge in [0, 0.05) is 31.3 Å². The first-order chi connectivity index (χ1) is 13.3. The van der Waals surface area contributed by atoms with E-state index in [-0.39, 0.29) is 29.0 Å². The van der Waals surface area contributed by atoms with Crippen LogP contribution >= 0.6 is 0 Å². The van der Waals surface area contributed by atoms with E-state index in [1.165, 1.54) is 26.4 Å². The maximum atomic E-state index is 12.7. The molecule has 1 atom stereocenters. The fraction of sp³-hybridized carbons (Fsp3) is 0.350. The Morgan fingerprint density at radius 3 is 2.46 bits per heavy atom. The molecule has 1 aliphatic heterocycles. The van der Waals surface area contributed by atoms with Crippen LogP contribution in [-0.4, -0.2) is 41.6 Å². The third-order valence-electron chi connectivity index (χ3n) is 4.77. The normalized spacial score (nSPS) is 17.0. The first-order valence-electron chi connectivity index (χ1n) is 8.93. The highest BCUT2D eigenvalue weighted by molar-refractivity contribution is 7.89. The predicted molar refractivity (Wildman–Crippen MR) is 106 cm³/mol. The molecule has 1 N–H and O–H groups in total. The monoisotopic (exact) mass is 404 g/mol. The number of ether oxygens (including phenoxy) is 2. The molecule has 2 aromatic carbocycles. The van der Waals surface area contributed by atoms with Crippen LogP contribution in [0.4, 0.5) is 5.69 Å². The predicted octanol–water partition coefficient (Wildman–Crippen LogP) is 2.34. The molecule has 1 saturated heterocycles. The Balaban J connectivity index is 1.68. The van der Waals surface area contributed by atoms with E-state index in [1.54, 1.807) is 11.0 Å². The molecule has 1 aliphatic rings. The number of benzene rings is 2. The summed E-state index contributed by atoms with van der Waals surface area (Å²) < 4.78 is 38.3. The molecule has 0 spiro atoms. The van der Waals surface area contributed by atoms with E-state index < -0.39 is 10.0 Å². The first-order valence-corrected chi connectivity index (χ1v) is 10.4. The summed E-state index contributed by atoms with van der Waals surface area (Å²) in [6.07, 6.45) is 0.302. The Bertz CT molecular complexity index is 957. The fourth-order valence-electron chi connectivity index (χ4n) is 3.19. The number of methoxy groups -OCH3 is 2. The first kappa shape index (κ1) is 20.2. The molecule has 7 nitrogen and oxygen atoms in total. The third kappa shape index (κ3) is 4.28. The second-order valence-corrected chi connectivity index (χ2v) is 8.51. The van der Waals surface area contributed by atoms with Crippen LogP contribution in [0, 0.1) is 12.8 Å². The lowest BCUT2D eigenvalue weighted by Crippen LogP contribution is -2.31. The molecule has 1 heterocycles. The van der Waals surface area contributed by atoms with Gasteiger partial charge in [-0.2, -0.15) is 0 Å². The smallest absolute Gasteiger partial charge is 0.244 e. The zero-order chi connectivity index (χ0) is 20.3. The van der Waals surface area contributed by atoms with Crippen molar-refractivity contribution >= 4 is 21.6 Å². The van der Waals surface area contributed by atoms with E-state index in [0.717, 1.165) is 11.3 Å². The van der Waals surface area contributed by atoms with Gasteiger partial charge < -0.3 is 14.4 Å². The van der Waals surface area contributed by atoms with Crippen LogP contribution in [0.25, 0.3) is 0 Å². The van der Waals surface area contributed by atoms with Crippen molar-refractivity contribution in [3.8, 4) is 11.5 Å². The minimum Gasteiger partial charge on any atom is -0.497 e. The van der Waals surface area contributed by atoms with E-state index in [0.29, 0.717) is 18.7 Å². The Hall–Kier alpha value is -2.58. The van der Waals surface area contributed by atoms with E-state index in [1.807, 2.05) is 31.2 Å². The molecule has 2 aromatic rings. The third-order valence-corrected chi connectivity index (χ3v) is 6.24. The van der Waals surface area contributed by atoms with Crippen LogP contribution in [0.1, 0.15) is 12.0 Å². The zero-order valence-corrected chi connectivity index (χ0v) is 17.0. The van der Waals surface area contributed by atoms with Gasteiger partial charge in [0.05, 0.1) is 14.2 Å². The van der Waals surface area contributed by atoms with Crippen molar-refractivity contribution in [1.29, 1.82) is 0 Å². The minimum absolute atomic E-state index is 0.00456. The second kappa shape index (κ2) is 8.20.